The average molecular weight is 262 g/mol. The number of carbonyl (C=O) groups excluding carboxylic acids is 1. The molecule has 1 amide bonds. The third kappa shape index (κ3) is 4.06. The normalized spacial score (nSPS) is 11.5. The van der Waals surface area contributed by atoms with Crippen LogP contribution >= 0.6 is 0 Å². The van der Waals surface area contributed by atoms with E-state index in [-0.39, 0.29) is 11.3 Å². The third-order valence-corrected chi connectivity index (χ3v) is 3.39. The highest BCUT2D eigenvalue weighted by atomic mass is 16.2. The number of carbonyl (C=O) groups is 1. The Morgan fingerprint density at radius 3 is 2.42 bits per heavy atom. The van der Waals surface area contributed by atoms with Gasteiger partial charge in [0.05, 0.1) is 0 Å². The molecule has 0 saturated heterocycles. The number of nitrogens with two attached hydrogens (primary N) is 1. The van der Waals surface area contributed by atoms with E-state index in [1.54, 1.807) is 4.90 Å². The molecule has 0 heterocycles. The average Bonchev–Trinajstić information content (AvgIpc) is 2.33. The molecular weight excluding hydrogens is 236 g/mol. The summed E-state index contributed by atoms with van der Waals surface area (Å²) in [5, 5.41) is 0. The first-order valence-corrected chi connectivity index (χ1v) is 6.85. The van der Waals surface area contributed by atoms with Crippen LogP contribution in [0.4, 0.5) is 5.69 Å². The smallest absolute Gasteiger partial charge is 0.226 e. The zero-order chi connectivity index (χ0) is 14.6. The van der Waals surface area contributed by atoms with Crippen molar-refractivity contribution in [1.29, 1.82) is 0 Å². The third-order valence-electron chi connectivity index (χ3n) is 3.39. The molecule has 2 N–H and O–H groups in total. The molecule has 3 heteroatoms. The van der Waals surface area contributed by atoms with Crippen molar-refractivity contribution in [2.45, 2.75) is 46.0 Å². The maximum Gasteiger partial charge on any atom is 0.226 e. The van der Waals surface area contributed by atoms with E-state index in [1.807, 2.05) is 13.1 Å². The molecule has 0 saturated carbocycles. The highest BCUT2D eigenvalue weighted by Crippen LogP contribution is 2.28. The molecule has 0 spiro atoms. The summed E-state index contributed by atoms with van der Waals surface area (Å²) in [5.74, 6) is 0.122. The van der Waals surface area contributed by atoms with Crippen LogP contribution in [0.3, 0.4) is 0 Å². The van der Waals surface area contributed by atoms with Crippen molar-refractivity contribution in [2.75, 3.05) is 18.5 Å². The Labute approximate surface area is 116 Å². The van der Waals surface area contributed by atoms with Gasteiger partial charge in [-0.25, -0.2) is 0 Å². The number of amides is 1. The summed E-state index contributed by atoms with van der Waals surface area (Å²) in [6, 6.07) is 6.31. The zero-order valence-electron chi connectivity index (χ0n) is 12.8. The van der Waals surface area contributed by atoms with Crippen molar-refractivity contribution in [2.24, 2.45) is 5.73 Å². The van der Waals surface area contributed by atoms with Gasteiger partial charge in [0.15, 0.2) is 0 Å². The summed E-state index contributed by atoms with van der Waals surface area (Å²) in [6.45, 7) is 9.19. The van der Waals surface area contributed by atoms with Gasteiger partial charge in [-0.3, -0.25) is 4.79 Å². The van der Waals surface area contributed by atoms with Gasteiger partial charge in [-0.05, 0) is 42.5 Å². The van der Waals surface area contributed by atoms with Crippen LogP contribution in [0, 0.1) is 6.92 Å². The Kier molecular flexibility index (Phi) is 5.12. The van der Waals surface area contributed by atoms with Crippen molar-refractivity contribution in [3.63, 3.8) is 0 Å². The first kappa shape index (κ1) is 15.7. The predicted molar refractivity (Wildman–Crippen MR) is 81.6 cm³/mol. The second-order valence-corrected chi connectivity index (χ2v) is 6.10. The van der Waals surface area contributed by atoms with Crippen LogP contribution in [-0.4, -0.2) is 19.5 Å². The molecule has 1 aromatic carbocycles. The minimum atomic E-state index is 0.122. The molecule has 106 valence electrons. The number of anilines is 1. The van der Waals surface area contributed by atoms with Crippen molar-refractivity contribution in [1.82, 2.24) is 0 Å². The van der Waals surface area contributed by atoms with E-state index in [0.29, 0.717) is 13.0 Å². The second kappa shape index (κ2) is 6.20. The zero-order valence-corrected chi connectivity index (χ0v) is 12.8. The molecule has 3 nitrogen and oxygen atoms in total. The van der Waals surface area contributed by atoms with Crippen LogP contribution in [0.25, 0.3) is 0 Å². The first-order chi connectivity index (χ1) is 8.77. The monoisotopic (exact) mass is 262 g/mol. The van der Waals surface area contributed by atoms with E-state index >= 15 is 0 Å². The van der Waals surface area contributed by atoms with Crippen LogP contribution in [0.2, 0.25) is 0 Å². The van der Waals surface area contributed by atoms with E-state index < -0.39 is 0 Å². The Balaban J connectivity index is 2.93. The molecule has 0 atom stereocenters. The quantitative estimate of drug-likeness (QED) is 0.906. The van der Waals surface area contributed by atoms with E-state index in [2.05, 4.69) is 39.8 Å². The lowest BCUT2D eigenvalue weighted by molar-refractivity contribution is -0.118. The lowest BCUT2D eigenvalue weighted by Gasteiger charge is -2.24. The molecule has 0 aliphatic rings. The molecule has 0 fully saturated rings. The fourth-order valence-corrected chi connectivity index (χ4v) is 2.05. The van der Waals surface area contributed by atoms with Crippen LogP contribution in [0.5, 0.6) is 0 Å². The van der Waals surface area contributed by atoms with Gasteiger partial charge < -0.3 is 10.6 Å². The molecular formula is C16H26N2O. The summed E-state index contributed by atoms with van der Waals surface area (Å²) in [5.41, 5.74) is 8.98. The second-order valence-electron chi connectivity index (χ2n) is 6.10. The Bertz CT molecular complexity index is 447. The number of hydrogen-bond donors (Lipinski definition) is 1. The van der Waals surface area contributed by atoms with E-state index in [1.165, 1.54) is 5.56 Å². The number of rotatable bonds is 4. The topological polar surface area (TPSA) is 46.3 Å². The molecule has 0 unspecified atom stereocenters. The molecule has 0 radical (unpaired) electrons. The lowest BCUT2D eigenvalue weighted by atomic mass is 9.86. The van der Waals surface area contributed by atoms with Crippen molar-refractivity contribution >= 4 is 11.6 Å². The number of aryl methyl sites for hydroxylation is 1. The predicted octanol–water partition coefficient (Wildman–Crippen LogP) is 2.99. The van der Waals surface area contributed by atoms with Crippen molar-refractivity contribution in [3.05, 3.63) is 29.3 Å². The van der Waals surface area contributed by atoms with E-state index in [9.17, 15) is 4.79 Å². The molecule has 0 bridgehead atoms. The molecule has 19 heavy (non-hydrogen) atoms. The van der Waals surface area contributed by atoms with Gasteiger partial charge >= 0.3 is 0 Å². The molecule has 0 aromatic heterocycles. The van der Waals surface area contributed by atoms with Gasteiger partial charge in [0.25, 0.3) is 0 Å². The van der Waals surface area contributed by atoms with Crippen LogP contribution in [0.15, 0.2) is 18.2 Å². The molecule has 1 aromatic rings. The number of nitrogens with zero attached hydrogens (tertiary/aromatic N) is 1. The number of benzene rings is 1. The summed E-state index contributed by atoms with van der Waals surface area (Å²) in [4.78, 5) is 13.7. The lowest BCUT2D eigenvalue weighted by Crippen LogP contribution is -2.27. The van der Waals surface area contributed by atoms with E-state index in [0.717, 1.165) is 17.7 Å². The van der Waals surface area contributed by atoms with Gasteiger partial charge in [0.1, 0.15) is 0 Å². The maximum atomic E-state index is 12.0. The van der Waals surface area contributed by atoms with E-state index in [4.69, 9.17) is 5.73 Å². The SMILES string of the molecule is Cc1cc(C(C)(C)C)ccc1N(C)C(=O)CCCN. The molecule has 0 aliphatic carbocycles. The summed E-state index contributed by atoms with van der Waals surface area (Å²) in [6.07, 6.45) is 1.25. The maximum absolute atomic E-state index is 12.0. The first-order valence-electron chi connectivity index (χ1n) is 6.85. The molecule has 0 aliphatic heterocycles. The standard InChI is InChI=1S/C16H26N2O/c1-12-11-13(16(2,3)4)8-9-14(12)18(5)15(19)7-6-10-17/h8-9,11H,6-7,10,17H2,1-5H3. The van der Waals surface area contributed by atoms with Crippen LogP contribution in [-0.2, 0) is 10.2 Å². The Morgan fingerprint density at radius 2 is 1.95 bits per heavy atom. The van der Waals surface area contributed by atoms with Gasteiger partial charge in [0, 0.05) is 19.2 Å². The van der Waals surface area contributed by atoms with Crippen molar-refractivity contribution < 1.29 is 4.79 Å². The fourth-order valence-electron chi connectivity index (χ4n) is 2.05. The number of hydrogen-bond acceptors (Lipinski definition) is 2. The summed E-state index contributed by atoms with van der Waals surface area (Å²) < 4.78 is 0. The highest BCUT2D eigenvalue weighted by Gasteiger charge is 2.17. The largest absolute Gasteiger partial charge is 0.330 e. The Hall–Kier alpha value is -1.35. The van der Waals surface area contributed by atoms with Crippen LogP contribution in [0.1, 0.15) is 44.7 Å². The molecule has 1 rings (SSSR count). The Morgan fingerprint density at radius 1 is 1.32 bits per heavy atom. The van der Waals surface area contributed by atoms with Gasteiger partial charge in [-0.1, -0.05) is 32.9 Å². The van der Waals surface area contributed by atoms with Gasteiger partial charge in [-0.15, -0.1) is 0 Å². The highest BCUT2D eigenvalue weighted by molar-refractivity contribution is 5.93. The van der Waals surface area contributed by atoms with Crippen molar-refractivity contribution in [3.8, 4) is 0 Å². The summed E-state index contributed by atoms with van der Waals surface area (Å²) in [7, 11) is 1.83. The van der Waals surface area contributed by atoms with Gasteiger partial charge in [0.2, 0.25) is 5.91 Å². The van der Waals surface area contributed by atoms with Gasteiger partial charge in [-0.2, -0.15) is 0 Å². The minimum Gasteiger partial charge on any atom is -0.330 e. The minimum absolute atomic E-state index is 0.122. The summed E-state index contributed by atoms with van der Waals surface area (Å²) >= 11 is 0. The van der Waals surface area contributed by atoms with Crippen LogP contribution < -0.4 is 10.6 Å². The fraction of sp³-hybridized carbons (Fsp3) is 0.562.